The van der Waals surface area contributed by atoms with E-state index in [0.717, 1.165) is 6.54 Å². The summed E-state index contributed by atoms with van der Waals surface area (Å²) in [6, 6.07) is 6.27. The topological polar surface area (TPSA) is 29.0 Å². The van der Waals surface area contributed by atoms with Gasteiger partial charge < -0.3 is 4.90 Å². The van der Waals surface area contributed by atoms with Crippen molar-refractivity contribution in [2.24, 2.45) is 0 Å². The normalized spacial score (nSPS) is 11.1. The Hall–Kier alpha value is -1.23. The first-order chi connectivity index (χ1) is 9.49. The Morgan fingerprint density at radius 2 is 1.70 bits per heavy atom. The first-order valence-electron chi connectivity index (χ1n) is 6.10. The van der Waals surface area contributed by atoms with Crippen LogP contribution >= 0.6 is 23.2 Å². The molecule has 0 saturated heterocycles. The lowest BCUT2D eigenvalue weighted by Crippen LogP contribution is -2.16. The summed E-state index contributed by atoms with van der Waals surface area (Å²) in [5, 5.41) is 0.340. The molecular formula is C14H14Cl2FN3. The van der Waals surface area contributed by atoms with Crippen molar-refractivity contribution in [3.05, 3.63) is 46.2 Å². The van der Waals surface area contributed by atoms with Gasteiger partial charge in [-0.15, -0.1) is 0 Å². The third kappa shape index (κ3) is 3.45. The van der Waals surface area contributed by atoms with Crippen LogP contribution in [0.3, 0.4) is 0 Å². The highest BCUT2D eigenvalue weighted by molar-refractivity contribution is 6.37. The Morgan fingerprint density at radius 1 is 1.10 bits per heavy atom. The maximum atomic E-state index is 13.8. The van der Waals surface area contributed by atoms with E-state index in [9.17, 15) is 4.39 Å². The fourth-order valence-electron chi connectivity index (χ4n) is 1.77. The molecule has 0 aliphatic carbocycles. The van der Waals surface area contributed by atoms with E-state index in [-0.39, 0.29) is 10.3 Å². The summed E-state index contributed by atoms with van der Waals surface area (Å²) < 4.78 is 13.8. The second-order valence-corrected chi connectivity index (χ2v) is 5.35. The predicted molar refractivity (Wildman–Crippen MR) is 79.7 cm³/mol. The van der Waals surface area contributed by atoms with Crippen molar-refractivity contribution in [2.45, 2.75) is 6.42 Å². The van der Waals surface area contributed by atoms with Gasteiger partial charge in [-0.3, -0.25) is 0 Å². The summed E-state index contributed by atoms with van der Waals surface area (Å²) in [5.41, 5.74) is 0.640. The molecule has 20 heavy (non-hydrogen) atoms. The van der Waals surface area contributed by atoms with Gasteiger partial charge in [-0.05, 0) is 20.2 Å². The number of hydrogen-bond acceptors (Lipinski definition) is 3. The SMILES string of the molecule is CN(C)CCc1nc(Cl)c(-c2ccccc2F)c(Cl)n1. The molecule has 3 nitrogen and oxygen atoms in total. The highest BCUT2D eigenvalue weighted by Gasteiger charge is 2.16. The van der Waals surface area contributed by atoms with E-state index in [2.05, 4.69) is 9.97 Å². The molecule has 0 aliphatic heterocycles. The smallest absolute Gasteiger partial charge is 0.142 e. The minimum atomic E-state index is -0.402. The van der Waals surface area contributed by atoms with Gasteiger partial charge >= 0.3 is 0 Å². The molecule has 0 radical (unpaired) electrons. The lowest BCUT2D eigenvalue weighted by atomic mass is 10.1. The molecule has 0 unspecified atom stereocenters. The molecule has 106 valence electrons. The largest absolute Gasteiger partial charge is 0.309 e. The minimum Gasteiger partial charge on any atom is -0.309 e. The lowest BCUT2D eigenvalue weighted by molar-refractivity contribution is 0.409. The summed E-state index contributed by atoms with van der Waals surface area (Å²) in [7, 11) is 3.91. The Kier molecular flexibility index (Phi) is 4.91. The molecule has 0 saturated carbocycles. The van der Waals surface area contributed by atoms with Gasteiger partial charge in [-0.25, -0.2) is 14.4 Å². The van der Waals surface area contributed by atoms with Crippen LogP contribution in [0, 0.1) is 5.82 Å². The number of likely N-dealkylation sites (N-methyl/N-ethyl adjacent to an activating group) is 1. The van der Waals surface area contributed by atoms with E-state index in [1.54, 1.807) is 18.2 Å². The van der Waals surface area contributed by atoms with E-state index in [1.165, 1.54) is 6.07 Å². The third-order valence-electron chi connectivity index (χ3n) is 2.79. The first-order valence-corrected chi connectivity index (χ1v) is 6.86. The van der Waals surface area contributed by atoms with E-state index in [0.29, 0.717) is 23.4 Å². The summed E-state index contributed by atoms with van der Waals surface area (Å²) >= 11 is 12.3. The zero-order chi connectivity index (χ0) is 14.7. The second kappa shape index (κ2) is 6.48. The maximum Gasteiger partial charge on any atom is 0.142 e. The summed E-state index contributed by atoms with van der Waals surface area (Å²) in [6.45, 7) is 0.783. The van der Waals surface area contributed by atoms with Crippen molar-refractivity contribution in [1.29, 1.82) is 0 Å². The molecule has 0 atom stereocenters. The molecule has 0 aliphatic rings. The number of rotatable bonds is 4. The zero-order valence-corrected chi connectivity index (χ0v) is 12.7. The second-order valence-electron chi connectivity index (χ2n) is 4.63. The molecule has 2 rings (SSSR count). The van der Waals surface area contributed by atoms with E-state index >= 15 is 0 Å². The van der Waals surface area contributed by atoms with Crippen molar-refractivity contribution in [3.8, 4) is 11.1 Å². The molecule has 0 bridgehead atoms. The molecule has 1 aromatic heterocycles. The number of halogens is 3. The van der Waals surface area contributed by atoms with Crippen molar-refractivity contribution < 1.29 is 4.39 Å². The van der Waals surface area contributed by atoms with Crippen LogP contribution in [0.2, 0.25) is 10.3 Å². The predicted octanol–water partition coefficient (Wildman–Crippen LogP) is 3.69. The number of nitrogens with zero attached hydrogens (tertiary/aromatic N) is 3. The molecule has 1 heterocycles. The maximum absolute atomic E-state index is 13.8. The van der Waals surface area contributed by atoms with Gasteiger partial charge in [0.1, 0.15) is 21.9 Å². The molecular weight excluding hydrogens is 300 g/mol. The van der Waals surface area contributed by atoms with Crippen LogP contribution in [-0.4, -0.2) is 35.5 Å². The van der Waals surface area contributed by atoms with Crippen LogP contribution < -0.4 is 0 Å². The van der Waals surface area contributed by atoms with E-state index < -0.39 is 5.82 Å². The Bertz CT molecular complexity index is 594. The Labute approximate surface area is 127 Å². The van der Waals surface area contributed by atoms with Gasteiger partial charge in [0.25, 0.3) is 0 Å². The van der Waals surface area contributed by atoms with Gasteiger partial charge in [0.2, 0.25) is 0 Å². The Balaban J connectivity index is 2.39. The number of aromatic nitrogens is 2. The zero-order valence-electron chi connectivity index (χ0n) is 11.2. The minimum absolute atomic E-state index is 0.170. The molecule has 1 aromatic carbocycles. The summed E-state index contributed by atoms with van der Waals surface area (Å²) in [5.74, 6) is 0.148. The lowest BCUT2D eigenvalue weighted by Gasteiger charge is -2.11. The van der Waals surface area contributed by atoms with Crippen LogP contribution in [0.4, 0.5) is 4.39 Å². The molecule has 0 N–H and O–H groups in total. The van der Waals surface area contributed by atoms with Gasteiger partial charge in [0, 0.05) is 18.5 Å². The van der Waals surface area contributed by atoms with Crippen molar-refractivity contribution >= 4 is 23.2 Å². The van der Waals surface area contributed by atoms with Crippen molar-refractivity contribution in [3.63, 3.8) is 0 Å². The highest BCUT2D eigenvalue weighted by atomic mass is 35.5. The molecule has 2 aromatic rings. The standard InChI is InChI=1S/C14H14Cl2FN3/c1-20(2)8-7-11-18-13(15)12(14(16)19-11)9-5-3-4-6-10(9)17/h3-6H,7-8H2,1-2H3. The summed E-state index contributed by atoms with van der Waals surface area (Å²) in [4.78, 5) is 10.4. The highest BCUT2D eigenvalue weighted by Crippen LogP contribution is 2.33. The fourth-order valence-corrected chi connectivity index (χ4v) is 2.40. The fraction of sp³-hybridized carbons (Fsp3) is 0.286. The van der Waals surface area contributed by atoms with Crippen LogP contribution in [-0.2, 0) is 6.42 Å². The third-order valence-corrected chi connectivity index (χ3v) is 3.34. The van der Waals surface area contributed by atoms with Crippen molar-refractivity contribution in [2.75, 3.05) is 20.6 Å². The molecule has 6 heteroatoms. The monoisotopic (exact) mass is 313 g/mol. The van der Waals surface area contributed by atoms with E-state index in [1.807, 2.05) is 19.0 Å². The first kappa shape index (κ1) is 15.2. The Morgan fingerprint density at radius 3 is 2.25 bits per heavy atom. The molecule has 0 spiro atoms. The van der Waals surface area contributed by atoms with E-state index in [4.69, 9.17) is 23.2 Å². The quantitative estimate of drug-likeness (QED) is 0.806. The van der Waals surface area contributed by atoms with Crippen molar-refractivity contribution in [1.82, 2.24) is 14.9 Å². The summed E-state index contributed by atoms with van der Waals surface area (Å²) in [6.07, 6.45) is 0.629. The van der Waals surface area contributed by atoms with Gasteiger partial charge in [-0.1, -0.05) is 41.4 Å². The van der Waals surface area contributed by atoms with Gasteiger partial charge in [0.15, 0.2) is 0 Å². The van der Waals surface area contributed by atoms with Gasteiger partial charge in [0.05, 0.1) is 5.56 Å². The van der Waals surface area contributed by atoms with Crippen LogP contribution in [0.1, 0.15) is 5.82 Å². The number of benzene rings is 1. The molecule has 0 fully saturated rings. The molecule has 0 amide bonds. The van der Waals surface area contributed by atoms with Gasteiger partial charge in [-0.2, -0.15) is 0 Å². The van der Waals surface area contributed by atoms with Crippen LogP contribution in [0.25, 0.3) is 11.1 Å². The van der Waals surface area contributed by atoms with Crippen LogP contribution in [0.15, 0.2) is 24.3 Å². The average Bonchev–Trinajstić information content (AvgIpc) is 2.38. The average molecular weight is 314 g/mol. The van der Waals surface area contributed by atoms with Crippen LogP contribution in [0.5, 0.6) is 0 Å². The number of hydrogen-bond donors (Lipinski definition) is 0.